The lowest BCUT2D eigenvalue weighted by Gasteiger charge is -2.32. The SMILES string of the molecule is C=C(C)[C@@]1(C)CC=C(C)CC1. The van der Waals surface area contributed by atoms with Crippen molar-refractivity contribution in [2.75, 3.05) is 0 Å². The first-order chi connectivity index (χ1) is 5.04. The Kier molecular flexibility index (Phi) is 2.22. The second kappa shape index (κ2) is 2.84. The Labute approximate surface area is 70.0 Å². The molecule has 0 heterocycles. The minimum atomic E-state index is 0.388. The molecule has 1 aliphatic rings. The molecule has 0 saturated carbocycles. The van der Waals surface area contributed by atoms with Gasteiger partial charge in [-0.2, -0.15) is 0 Å². The van der Waals surface area contributed by atoms with Crippen molar-refractivity contribution < 1.29 is 0 Å². The van der Waals surface area contributed by atoms with Crippen LogP contribution in [-0.4, -0.2) is 0 Å². The maximum absolute atomic E-state index is 4.05. The first-order valence-corrected chi connectivity index (χ1v) is 4.36. The van der Waals surface area contributed by atoms with Crippen LogP contribution in [0.3, 0.4) is 0 Å². The number of rotatable bonds is 1. The van der Waals surface area contributed by atoms with Gasteiger partial charge in [-0.1, -0.05) is 30.7 Å². The van der Waals surface area contributed by atoms with Gasteiger partial charge in [0, 0.05) is 0 Å². The minimum Gasteiger partial charge on any atom is -0.0996 e. The summed E-state index contributed by atoms with van der Waals surface area (Å²) >= 11 is 0. The van der Waals surface area contributed by atoms with Crippen molar-refractivity contribution in [2.45, 2.75) is 40.0 Å². The van der Waals surface area contributed by atoms with E-state index in [1.807, 2.05) is 0 Å². The summed E-state index contributed by atoms with van der Waals surface area (Å²) in [4.78, 5) is 0. The largest absolute Gasteiger partial charge is 0.0996 e. The Morgan fingerprint density at radius 3 is 2.64 bits per heavy atom. The summed E-state index contributed by atoms with van der Waals surface area (Å²) in [5.74, 6) is 0. The molecule has 1 aliphatic carbocycles. The lowest BCUT2D eigenvalue weighted by atomic mass is 9.72. The van der Waals surface area contributed by atoms with E-state index < -0.39 is 0 Å². The monoisotopic (exact) mass is 150 g/mol. The van der Waals surface area contributed by atoms with Crippen LogP contribution in [-0.2, 0) is 0 Å². The molecule has 0 aliphatic heterocycles. The Hall–Kier alpha value is -0.520. The topological polar surface area (TPSA) is 0 Å². The van der Waals surface area contributed by atoms with Gasteiger partial charge in [0.25, 0.3) is 0 Å². The lowest BCUT2D eigenvalue weighted by molar-refractivity contribution is 0.354. The van der Waals surface area contributed by atoms with Crippen LogP contribution < -0.4 is 0 Å². The van der Waals surface area contributed by atoms with Crippen molar-refractivity contribution in [1.82, 2.24) is 0 Å². The van der Waals surface area contributed by atoms with Gasteiger partial charge in [-0.25, -0.2) is 0 Å². The average molecular weight is 150 g/mol. The predicted molar refractivity (Wildman–Crippen MR) is 50.5 cm³/mol. The third kappa shape index (κ3) is 1.74. The smallest absolute Gasteiger partial charge is 0.00842 e. The highest BCUT2D eigenvalue weighted by Gasteiger charge is 2.26. The van der Waals surface area contributed by atoms with Crippen molar-refractivity contribution in [3.63, 3.8) is 0 Å². The molecule has 0 aromatic rings. The van der Waals surface area contributed by atoms with Gasteiger partial charge in [0.05, 0.1) is 0 Å². The fourth-order valence-corrected chi connectivity index (χ4v) is 1.46. The maximum Gasteiger partial charge on any atom is -0.00842 e. The van der Waals surface area contributed by atoms with Crippen LogP contribution in [0.2, 0.25) is 0 Å². The van der Waals surface area contributed by atoms with Gasteiger partial charge < -0.3 is 0 Å². The number of hydrogen-bond donors (Lipinski definition) is 0. The van der Waals surface area contributed by atoms with E-state index in [0.29, 0.717) is 5.41 Å². The molecule has 0 radical (unpaired) electrons. The molecule has 62 valence electrons. The van der Waals surface area contributed by atoms with Crippen molar-refractivity contribution in [3.05, 3.63) is 23.8 Å². The molecule has 0 spiro atoms. The molecule has 0 aromatic heterocycles. The van der Waals surface area contributed by atoms with E-state index in [0.717, 1.165) is 0 Å². The van der Waals surface area contributed by atoms with E-state index in [4.69, 9.17) is 0 Å². The molecule has 1 atom stereocenters. The Morgan fingerprint density at radius 2 is 2.27 bits per heavy atom. The summed E-state index contributed by atoms with van der Waals surface area (Å²) in [5.41, 5.74) is 3.27. The second-order valence-corrected chi connectivity index (χ2v) is 4.10. The normalized spacial score (nSPS) is 31.4. The first kappa shape index (κ1) is 8.58. The van der Waals surface area contributed by atoms with E-state index in [1.54, 1.807) is 5.57 Å². The van der Waals surface area contributed by atoms with Crippen LogP contribution in [0.5, 0.6) is 0 Å². The number of allylic oxidation sites excluding steroid dienone is 3. The molecule has 11 heavy (non-hydrogen) atoms. The van der Waals surface area contributed by atoms with Gasteiger partial charge in [0.15, 0.2) is 0 Å². The minimum absolute atomic E-state index is 0.388. The van der Waals surface area contributed by atoms with E-state index >= 15 is 0 Å². The van der Waals surface area contributed by atoms with Crippen molar-refractivity contribution in [3.8, 4) is 0 Å². The summed E-state index contributed by atoms with van der Waals surface area (Å²) in [6, 6.07) is 0. The zero-order valence-electron chi connectivity index (χ0n) is 7.91. The molecule has 0 aromatic carbocycles. The van der Waals surface area contributed by atoms with Crippen LogP contribution in [0.1, 0.15) is 40.0 Å². The molecule has 0 unspecified atom stereocenters. The van der Waals surface area contributed by atoms with Gasteiger partial charge >= 0.3 is 0 Å². The summed E-state index contributed by atoms with van der Waals surface area (Å²) in [6.45, 7) is 10.7. The molecule has 0 N–H and O–H groups in total. The Balaban J connectivity index is 2.71. The van der Waals surface area contributed by atoms with Crippen LogP contribution in [0, 0.1) is 5.41 Å². The standard InChI is InChI=1S/C11H18/c1-9(2)11(4)7-5-10(3)6-8-11/h5H,1,6-8H2,2-4H3/t11-/m0/s1. The van der Waals surface area contributed by atoms with E-state index in [1.165, 1.54) is 24.8 Å². The zero-order valence-corrected chi connectivity index (χ0v) is 7.91. The highest BCUT2D eigenvalue weighted by atomic mass is 14.3. The van der Waals surface area contributed by atoms with Gasteiger partial charge in [0.1, 0.15) is 0 Å². The molecule has 0 bridgehead atoms. The summed E-state index contributed by atoms with van der Waals surface area (Å²) in [5, 5.41) is 0. The van der Waals surface area contributed by atoms with Crippen molar-refractivity contribution in [1.29, 1.82) is 0 Å². The molecular formula is C11H18. The van der Waals surface area contributed by atoms with E-state index in [9.17, 15) is 0 Å². The zero-order chi connectivity index (χ0) is 8.48. The maximum atomic E-state index is 4.05. The van der Waals surface area contributed by atoms with Crippen LogP contribution in [0.4, 0.5) is 0 Å². The quantitative estimate of drug-likeness (QED) is 0.500. The third-order valence-corrected chi connectivity index (χ3v) is 3.00. The first-order valence-electron chi connectivity index (χ1n) is 4.36. The molecule has 1 rings (SSSR count). The van der Waals surface area contributed by atoms with Gasteiger partial charge in [-0.15, -0.1) is 0 Å². The van der Waals surface area contributed by atoms with Crippen LogP contribution >= 0.6 is 0 Å². The van der Waals surface area contributed by atoms with E-state index in [-0.39, 0.29) is 0 Å². The molecule has 0 nitrogen and oxygen atoms in total. The van der Waals surface area contributed by atoms with Gasteiger partial charge in [-0.05, 0) is 38.5 Å². The molecular weight excluding hydrogens is 132 g/mol. The third-order valence-electron chi connectivity index (χ3n) is 3.00. The average Bonchev–Trinajstić information content (AvgIpc) is 1.95. The predicted octanol–water partition coefficient (Wildman–Crippen LogP) is 3.70. The summed E-state index contributed by atoms with van der Waals surface area (Å²) in [6.07, 6.45) is 6.08. The highest BCUT2D eigenvalue weighted by molar-refractivity contribution is 5.15. The fourth-order valence-electron chi connectivity index (χ4n) is 1.46. The molecule has 0 amide bonds. The second-order valence-electron chi connectivity index (χ2n) is 4.10. The number of hydrogen-bond acceptors (Lipinski definition) is 0. The van der Waals surface area contributed by atoms with E-state index in [2.05, 4.69) is 33.4 Å². The fraction of sp³-hybridized carbons (Fsp3) is 0.636. The van der Waals surface area contributed by atoms with Crippen molar-refractivity contribution >= 4 is 0 Å². The Bertz CT molecular complexity index is 198. The van der Waals surface area contributed by atoms with Gasteiger partial charge in [-0.3, -0.25) is 0 Å². The lowest BCUT2D eigenvalue weighted by Crippen LogP contribution is -2.19. The highest BCUT2D eigenvalue weighted by Crippen LogP contribution is 2.39. The summed E-state index contributed by atoms with van der Waals surface area (Å²) < 4.78 is 0. The molecule has 0 saturated heterocycles. The Morgan fingerprint density at radius 1 is 1.64 bits per heavy atom. The molecule has 0 fully saturated rings. The van der Waals surface area contributed by atoms with Crippen molar-refractivity contribution in [2.24, 2.45) is 5.41 Å². The van der Waals surface area contributed by atoms with Crippen LogP contribution in [0.25, 0.3) is 0 Å². The summed E-state index contributed by atoms with van der Waals surface area (Å²) in [7, 11) is 0. The molecule has 0 heteroatoms. The van der Waals surface area contributed by atoms with Crippen LogP contribution in [0.15, 0.2) is 23.8 Å². The van der Waals surface area contributed by atoms with Gasteiger partial charge in [0.2, 0.25) is 0 Å².